The van der Waals surface area contributed by atoms with E-state index in [1.807, 2.05) is 55.1 Å². The average Bonchev–Trinajstić information content (AvgIpc) is 3.42. The maximum absolute atomic E-state index is 12.9. The van der Waals surface area contributed by atoms with Crippen LogP contribution in [0.25, 0.3) is 0 Å². The van der Waals surface area contributed by atoms with Crippen molar-refractivity contribution in [2.75, 3.05) is 6.61 Å². The van der Waals surface area contributed by atoms with Gasteiger partial charge in [0.1, 0.15) is 11.5 Å². The van der Waals surface area contributed by atoms with Gasteiger partial charge in [0.15, 0.2) is 6.61 Å². The number of hydrogen-bond donors (Lipinski definition) is 0. The van der Waals surface area contributed by atoms with Crippen LogP contribution in [0.1, 0.15) is 34.7 Å². The number of hydrogen-bond acceptors (Lipinski definition) is 4. The van der Waals surface area contributed by atoms with Crippen LogP contribution >= 0.6 is 0 Å². The molecule has 6 nitrogen and oxygen atoms in total. The fourth-order valence-electron chi connectivity index (χ4n) is 3.70. The Kier molecular flexibility index (Phi) is 5.19. The van der Waals surface area contributed by atoms with E-state index < -0.39 is 0 Å². The highest BCUT2D eigenvalue weighted by molar-refractivity contribution is 5.77. The third-order valence-electron chi connectivity index (χ3n) is 5.20. The number of amides is 1. The first kappa shape index (κ1) is 18.3. The molecule has 28 heavy (non-hydrogen) atoms. The first-order valence-corrected chi connectivity index (χ1v) is 9.63. The van der Waals surface area contributed by atoms with Gasteiger partial charge < -0.3 is 14.1 Å². The van der Waals surface area contributed by atoms with E-state index in [4.69, 9.17) is 9.15 Å². The number of carbonyl (C=O) groups excluding carboxylic acids is 1. The summed E-state index contributed by atoms with van der Waals surface area (Å²) < 4.78 is 13.1. The lowest BCUT2D eigenvalue weighted by molar-refractivity contribution is -0.135. The lowest BCUT2D eigenvalue weighted by Crippen LogP contribution is -2.34. The van der Waals surface area contributed by atoms with E-state index in [-0.39, 0.29) is 12.5 Å². The van der Waals surface area contributed by atoms with Gasteiger partial charge in [-0.3, -0.25) is 9.48 Å². The SMILES string of the molecule is Cc1ccc(OCC(=O)N(Cc2ccco2)Cc2nn(C)c3c2CCC3)cc1. The van der Waals surface area contributed by atoms with Crippen molar-refractivity contribution in [3.05, 3.63) is 70.9 Å². The number of ether oxygens (including phenoxy) is 1. The molecule has 146 valence electrons. The Labute approximate surface area is 164 Å². The van der Waals surface area contributed by atoms with Crippen LogP contribution in [0.4, 0.5) is 0 Å². The Bertz CT molecular complexity index is 942. The van der Waals surface area contributed by atoms with Crippen molar-refractivity contribution in [1.29, 1.82) is 0 Å². The quantitative estimate of drug-likeness (QED) is 0.631. The van der Waals surface area contributed by atoms with Crippen LogP contribution in [0.5, 0.6) is 5.75 Å². The molecule has 1 amide bonds. The number of furan rings is 1. The predicted octanol–water partition coefficient (Wildman–Crippen LogP) is 3.42. The number of carbonyl (C=O) groups is 1. The van der Waals surface area contributed by atoms with Crippen molar-refractivity contribution in [2.24, 2.45) is 7.05 Å². The van der Waals surface area contributed by atoms with Gasteiger partial charge in [-0.2, -0.15) is 5.10 Å². The van der Waals surface area contributed by atoms with E-state index in [1.165, 1.54) is 11.3 Å². The summed E-state index contributed by atoms with van der Waals surface area (Å²) in [4.78, 5) is 14.7. The highest BCUT2D eigenvalue weighted by Gasteiger charge is 2.25. The van der Waals surface area contributed by atoms with E-state index in [9.17, 15) is 4.79 Å². The van der Waals surface area contributed by atoms with Crippen molar-refractivity contribution in [2.45, 2.75) is 39.3 Å². The smallest absolute Gasteiger partial charge is 0.261 e. The molecule has 0 bridgehead atoms. The lowest BCUT2D eigenvalue weighted by Gasteiger charge is -2.21. The number of aromatic nitrogens is 2. The second-order valence-corrected chi connectivity index (χ2v) is 7.28. The monoisotopic (exact) mass is 379 g/mol. The van der Waals surface area contributed by atoms with Crippen molar-refractivity contribution >= 4 is 5.91 Å². The van der Waals surface area contributed by atoms with Crippen LogP contribution in [-0.2, 0) is 37.8 Å². The fourth-order valence-corrected chi connectivity index (χ4v) is 3.70. The Morgan fingerprint density at radius 1 is 1.21 bits per heavy atom. The molecule has 0 atom stereocenters. The van der Waals surface area contributed by atoms with Gasteiger partial charge in [0.05, 0.1) is 25.0 Å². The Morgan fingerprint density at radius 3 is 2.79 bits per heavy atom. The predicted molar refractivity (Wildman–Crippen MR) is 105 cm³/mol. The van der Waals surface area contributed by atoms with Crippen LogP contribution in [0.3, 0.4) is 0 Å². The standard InChI is InChI=1S/C22H25N3O3/c1-16-8-10-17(11-9-16)28-15-22(26)25(13-18-5-4-12-27-18)14-20-19-6-3-7-21(19)24(2)23-20/h4-5,8-12H,3,6-7,13-15H2,1-2H3. The largest absolute Gasteiger partial charge is 0.484 e. The molecule has 6 heteroatoms. The number of fused-ring (bicyclic) bond motifs is 1. The summed E-state index contributed by atoms with van der Waals surface area (Å²) in [6.07, 6.45) is 4.86. The van der Waals surface area contributed by atoms with Gasteiger partial charge in [-0.15, -0.1) is 0 Å². The molecule has 2 heterocycles. The molecule has 0 radical (unpaired) electrons. The van der Waals surface area contributed by atoms with Crippen LogP contribution in [0.2, 0.25) is 0 Å². The third kappa shape index (κ3) is 3.96. The molecule has 0 aliphatic heterocycles. The Morgan fingerprint density at radius 2 is 2.04 bits per heavy atom. The fraction of sp³-hybridized carbons (Fsp3) is 0.364. The molecular weight excluding hydrogens is 354 g/mol. The van der Waals surface area contributed by atoms with Crippen molar-refractivity contribution in [3.63, 3.8) is 0 Å². The normalized spacial score (nSPS) is 12.8. The minimum Gasteiger partial charge on any atom is -0.484 e. The van der Waals surface area contributed by atoms with E-state index in [2.05, 4.69) is 5.10 Å². The zero-order chi connectivity index (χ0) is 19.5. The summed E-state index contributed by atoms with van der Waals surface area (Å²) in [6.45, 7) is 2.86. The number of benzene rings is 1. The first-order chi connectivity index (χ1) is 13.6. The average molecular weight is 379 g/mol. The minimum absolute atomic E-state index is 0.0151. The molecule has 3 aromatic rings. The maximum Gasteiger partial charge on any atom is 0.261 e. The van der Waals surface area contributed by atoms with Gasteiger partial charge in [0, 0.05) is 12.7 Å². The Balaban J connectivity index is 1.49. The summed E-state index contributed by atoms with van der Waals surface area (Å²) in [6, 6.07) is 11.4. The summed E-state index contributed by atoms with van der Waals surface area (Å²) in [7, 11) is 1.98. The van der Waals surface area contributed by atoms with Gasteiger partial charge in [-0.05, 0) is 56.0 Å². The maximum atomic E-state index is 12.9. The molecule has 0 N–H and O–H groups in total. The number of nitrogens with zero attached hydrogens (tertiary/aromatic N) is 3. The molecule has 0 unspecified atom stereocenters. The molecule has 0 saturated carbocycles. The summed E-state index contributed by atoms with van der Waals surface area (Å²) in [5, 5.41) is 4.66. The molecule has 1 aliphatic carbocycles. The summed E-state index contributed by atoms with van der Waals surface area (Å²) in [5.41, 5.74) is 4.71. The highest BCUT2D eigenvalue weighted by atomic mass is 16.5. The van der Waals surface area contributed by atoms with Gasteiger partial charge in [-0.1, -0.05) is 17.7 Å². The van der Waals surface area contributed by atoms with Crippen LogP contribution in [-0.4, -0.2) is 27.2 Å². The van der Waals surface area contributed by atoms with Gasteiger partial charge in [0.25, 0.3) is 5.91 Å². The molecule has 0 saturated heterocycles. The van der Waals surface area contributed by atoms with E-state index >= 15 is 0 Å². The van der Waals surface area contributed by atoms with Crippen LogP contribution in [0.15, 0.2) is 47.1 Å². The zero-order valence-corrected chi connectivity index (χ0v) is 16.4. The van der Waals surface area contributed by atoms with Gasteiger partial charge >= 0.3 is 0 Å². The Hall–Kier alpha value is -3.02. The lowest BCUT2D eigenvalue weighted by atomic mass is 10.2. The molecule has 0 fully saturated rings. The minimum atomic E-state index is -0.0885. The second-order valence-electron chi connectivity index (χ2n) is 7.28. The topological polar surface area (TPSA) is 60.5 Å². The molecule has 1 aromatic carbocycles. The first-order valence-electron chi connectivity index (χ1n) is 9.63. The molecule has 4 rings (SSSR count). The number of aryl methyl sites for hydroxylation is 2. The van der Waals surface area contributed by atoms with E-state index in [0.717, 1.165) is 36.3 Å². The summed E-state index contributed by atoms with van der Waals surface area (Å²) >= 11 is 0. The van der Waals surface area contributed by atoms with Crippen LogP contribution < -0.4 is 4.74 Å². The van der Waals surface area contributed by atoms with Gasteiger partial charge in [-0.25, -0.2) is 0 Å². The van der Waals surface area contributed by atoms with E-state index in [1.54, 1.807) is 11.2 Å². The highest BCUT2D eigenvalue weighted by Crippen LogP contribution is 2.26. The van der Waals surface area contributed by atoms with Crippen molar-refractivity contribution < 1.29 is 13.9 Å². The zero-order valence-electron chi connectivity index (χ0n) is 16.4. The number of rotatable bonds is 7. The van der Waals surface area contributed by atoms with Crippen molar-refractivity contribution in [3.8, 4) is 5.75 Å². The van der Waals surface area contributed by atoms with Crippen LogP contribution in [0, 0.1) is 6.92 Å². The molecule has 2 aromatic heterocycles. The van der Waals surface area contributed by atoms with Gasteiger partial charge in [0.2, 0.25) is 0 Å². The molecule has 1 aliphatic rings. The second kappa shape index (κ2) is 7.92. The van der Waals surface area contributed by atoms with Crippen molar-refractivity contribution in [1.82, 2.24) is 14.7 Å². The molecular formula is C22H25N3O3. The molecule has 0 spiro atoms. The third-order valence-corrected chi connectivity index (χ3v) is 5.20. The van der Waals surface area contributed by atoms with E-state index in [0.29, 0.717) is 18.8 Å². The summed E-state index contributed by atoms with van der Waals surface area (Å²) in [5.74, 6) is 1.35.